The Labute approximate surface area is 96.1 Å². The molecule has 4 nitrogen and oxygen atoms in total. The summed E-state index contributed by atoms with van der Waals surface area (Å²) in [7, 11) is 0. The van der Waals surface area contributed by atoms with Crippen LogP contribution in [0.1, 0.15) is 5.56 Å². The molecular formula is C10H12F3N3O. The van der Waals surface area contributed by atoms with Crippen LogP contribution in [0.4, 0.5) is 13.2 Å². The highest BCUT2D eigenvalue weighted by Gasteiger charge is 2.30. The molecule has 0 aliphatic carbocycles. The van der Waals surface area contributed by atoms with Crippen LogP contribution >= 0.6 is 0 Å². The number of ether oxygens (including phenoxy) is 1. The van der Waals surface area contributed by atoms with Crippen molar-refractivity contribution < 1.29 is 17.9 Å². The fourth-order valence-corrected chi connectivity index (χ4v) is 1.10. The third-order valence-electron chi connectivity index (χ3n) is 1.82. The van der Waals surface area contributed by atoms with Crippen molar-refractivity contribution in [1.29, 1.82) is 0 Å². The van der Waals surface area contributed by atoms with Crippen LogP contribution in [-0.4, -0.2) is 19.1 Å². The highest BCUT2D eigenvalue weighted by Crippen LogP contribution is 2.31. The van der Waals surface area contributed by atoms with Gasteiger partial charge in [-0.2, -0.15) is 13.2 Å². The standard InChI is InChI=1S/C10H12F3N3O/c11-10(12,13)7-2-1-3-8(6-7)17-5-4-16-9(14)15/h1-3,6H,4-5H2,(H4,14,15,16). The molecule has 0 aromatic heterocycles. The van der Waals surface area contributed by atoms with Crippen LogP contribution in [-0.2, 0) is 6.18 Å². The monoisotopic (exact) mass is 247 g/mol. The normalized spacial score (nSPS) is 11.0. The molecule has 0 aliphatic heterocycles. The van der Waals surface area contributed by atoms with Gasteiger partial charge in [-0.15, -0.1) is 0 Å². The van der Waals surface area contributed by atoms with Crippen LogP contribution in [0, 0.1) is 0 Å². The minimum atomic E-state index is -4.38. The van der Waals surface area contributed by atoms with Crippen LogP contribution in [0.5, 0.6) is 5.75 Å². The Hall–Kier alpha value is -1.92. The van der Waals surface area contributed by atoms with Gasteiger partial charge in [0.05, 0.1) is 12.1 Å². The minimum absolute atomic E-state index is 0.0855. The first-order valence-corrected chi connectivity index (χ1v) is 4.75. The molecule has 17 heavy (non-hydrogen) atoms. The molecule has 0 saturated carbocycles. The first-order chi connectivity index (χ1) is 7.89. The molecule has 0 unspecified atom stereocenters. The Morgan fingerprint density at radius 2 is 2.00 bits per heavy atom. The Morgan fingerprint density at radius 3 is 2.59 bits per heavy atom. The average molecular weight is 247 g/mol. The minimum Gasteiger partial charge on any atom is -0.492 e. The van der Waals surface area contributed by atoms with Crippen molar-refractivity contribution in [2.45, 2.75) is 6.18 Å². The summed E-state index contributed by atoms with van der Waals surface area (Å²) in [6.07, 6.45) is -4.38. The van der Waals surface area contributed by atoms with E-state index in [-0.39, 0.29) is 24.9 Å². The molecule has 0 amide bonds. The molecule has 1 aromatic carbocycles. The second-order valence-corrected chi connectivity index (χ2v) is 3.18. The van der Waals surface area contributed by atoms with Gasteiger partial charge in [0.1, 0.15) is 12.4 Å². The number of halogens is 3. The zero-order valence-electron chi connectivity index (χ0n) is 8.87. The van der Waals surface area contributed by atoms with Gasteiger partial charge in [0, 0.05) is 0 Å². The molecule has 1 rings (SSSR count). The lowest BCUT2D eigenvalue weighted by molar-refractivity contribution is -0.137. The fraction of sp³-hybridized carbons (Fsp3) is 0.300. The predicted octanol–water partition coefficient (Wildman–Crippen LogP) is 1.36. The van der Waals surface area contributed by atoms with Gasteiger partial charge >= 0.3 is 6.18 Å². The van der Waals surface area contributed by atoms with Gasteiger partial charge in [-0.3, -0.25) is 4.99 Å². The van der Waals surface area contributed by atoms with Gasteiger partial charge in [-0.25, -0.2) is 0 Å². The third kappa shape index (κ3) is 4.62. The number of alkyl halides is 3. The molecule has 0 spiro atoms. The summed E-state index contributed by atoms with van der Waals surface area (Å²) in [5, 5.41) is 0. The van der Waals surface area contributed by atoms with Crippen molar-refractivity contribution in [3.05, 3.63) is 29.8 Å². The van der Waals surface area contributed by atoms with E-state index in [0.717, 1.165) is 12.1 Å². The number of aliphatic imine (C=N–C) groups is 1. The molecule has 0 heterocycles. The number of nitrogens with two attached hydrogens (primary N) is 2. The van der Waals surface area contributed by atoms with Crippen LogP contribution in [0.2, 0.25) is 0 Å². The van der Waals surface area contributed by atoms with Gasteiger partial charge in [-0.05, 0) is 18.2 Å². The molecule has 94 valence electrons. The number of hydrogen-bond donors (Lipinski definition) is 2. The largest absolute Gasteiger partial charge is 0.492 e. The van der Waals surface area contributed by atoms with E-state index in [1.165, 1.54) is 12.1 Å². The summed E-state index contributed by atoms with van der Waals surface area (Å²) < 4.78 is 42.1. The van der Waals surface area contributed by atoms with Crippen LogP contribution < -0.4 is 16.2 Å². The molecule has 0 radical (unpaired) electrons. The van der Waals surface area contributed by atoms with E-state index in [2.05, 4.69) is 4.99 Å². The van der Waals surface area contributed by atoms with Crippen molar-refractivity contribution in [3.8, 4) is 5.75 Å². The van der Waals surface area contributed by atoms with E-state index in [1.807, 2.05) is 0 Å². The maximum atomic E-state index is 12.4. The van der Waals surface area contributed by atoms with Crippen molar-refractivity contribution in [1.82, 2.24) is 0 Å². The number of hydrogen-bond acceptors (Lipinski definition) is 2. The van der Waals surface area contributed by atoms with Crippen LogP contribution in [0.25, 0.3) is 0 Å². The van der Waals surface area contributed by atoms with Crippen LogP contribution in [0.3, 0.4) is 0 Å². The third-order valence-corrected chi connectivity index (χ3v) is 1.82. The predicted molar refractivity (Wildman–Crippen MR) is 57.6 cm³/mol. The Balaban J connectivity index is 2.58. The molecular weight excluding hydrogens is 235 g/mol. The summed E-state index contributed by atoms with van der Waals surface area (Å²) in [6.45, 7) is 0.303. The molecule has 7 heteroatoms. The van der Waals surface area contributed by atoms with E-state index < -0.39 is 11.7 Å². The summed E-state index contributed by atoms with van der Waals surface area (Å²) in [4.78, 5) is 3.64. The lowest BCUT2D eigenvalue weighted by Crippen LogP contribution is -2.23. The van der Waals surface area contributed by atoms with Gasteiger partial charge in [0.15, 0.2) is 5.96 Å². The summed E-state index contributed by atoms with van der Waals surface area (Å²) >= 11 is 0. The first-order valence-electron chi connectivity index (χ1n) is 4.75. The number of guanidine groups is 1. The summed E-state index contributed by atoms with van der Waals surface area (Å²) in [5.74, 6) is 0.0447. The first kappa shape index (κ1) is 13.1. The zero-order valence-corrected chi connectivity index (χ0v) is 8.87. The van der Waals surface area contributed by atoms with E-state index >= 15 is 0 Å². The molecule has 1 aromatic rings. The Bertz CT molecular complexity index is 400. The summed E-state index contributed by atoms with van der Waals surface area (Å²) in [5.41, 5.74) is 9.40. The van der Waals surface area contributed by atoms with E-state index in [0.29, 0.717) is 0 Å². The van der Waals surface area contributed by atoms with E-state index in [9.17, 15) is 13.2 Å². The van der Waals surface area contributed by atoms with Gasteiger partial charge in [0.2, 0.25) is 0 Å². The smallest absolute Gasteiger partial charge is 0.416 e. The number of rotatable bonds is 4. The Morgan fingerprint density at radius 1 is 1.29 bits per heavy atom. The number of benzene rings is 1. The highest BCUT2D eigenvalue weighted by molar-refractivity contribution is 5.75. The van der Waals surface area contributed by atoms with Crippen molar-refractivity contribution in [3.63, 3.8) is 0 Å². The summed E-state index contributed by atoms with van der Waals surface area (Å²) in [6, 6.07) is 4.61. The topological polar surface area (TPSA) is 73.6 Å². The van der Waals surface area contributed by atoms with Crippen LogP contribution in [0.15, 0.2) is 29.3 Å². The SMILES string of the molecule is NC(N)=NCCOc1cccc(C(F)(F)F)c1. The molecule has 0 bridgehead atoms. The van der Waals surface area contributed by atoms with Gasteiger partial charge in [0.25, 0.3) is 0 Å². The second kappa shape index (κ2) is 5.42. The van der Waals surface area contributed by atoms with Crippen molar-refractivity contribution in [2.75, 3.05) is 13.2 Å². The quantitative estimate of drug-likeness (QED) is 0.479. The van der Waals surface area contributed by atoms with Gasteiger partial charge < -0.3 is 16.2 Å². The fourth-order valence-electron chi connectivity index (χ4n) is 1.10. The van der Waals surface area contributed by atoms with Crippen molar-refractivity contribution in [2.24, 2.45) is 16.5 Å². The molecule has 0 aliphatic rings. The van der Waals surface area contributed by atoms with Gasteiger partial charge in [-0.1, -0.05) is 6.07 Å². The molecule has 4 N–H and O–H groups in total. The second-order valence-electron chi connectivity index (χ2n) is 3.18. The lowest BCUT2D eigenvalue weighted by Gasteiger charge is -2.09. The Kier molecular flexibility index (Phi) is 4.19. The maximum absolute atomic E-state index is 12.4. The molecule has 0 fully saturated rings. The van der Waals surface area contributed by atoms with E-state index in [1.54, 1.807) is 0 Å². The maximum Gasteiger partial charge on any atom is 0.416 e. The number of nitrogens with zero attached hydrogens (tertiary/aromatic N) is 1. The van der Waals surface area contributed by atoms with Crippen molar-refractivity contribution >= 4 is 5.96 Å². The zero-order chi connectivity index (χ0) is 12.9. The average Bonchev–Trinajstić information content (AvgIpc) is 2.23. The molecule has 0 atom stereocenters. The molecule has 0 saturated heterocycles. The lowest BCUT2D eigenvalue weighted by atomic mass is 10.2. The van der Waals surface area contributed by atoms with E-state index in [4.69, 9.17) is 16.2 Å². The highest BCUT2D eigenvalue weighted by atomic mass is 19.4.